The standard InChI is InChI=1S/C18H26N2O2S/c1-10(2)9-20-18(22)17-13-7-12(19)5-6-15(13)23-16(17)8-14(21)11-3-4-11/h10-12H,3-9,19H2,1-2H3,(H,20,22). The Bertz CT molecular complexity index is 617. The minimum absolute atomic E-state index is 0.0242. The van der Waals surface area contributed by atoms with Gasteiger partial charge < -0.3 is 11.1 Å². The minimum Gasteiger partial charge on any atom is -0.352 e. The number of carbonyl (C=O) groups is 2. The van der Waals surface area contributed by atoms with Crippen LogP contribution >= 0.6 is 11.3 Å². The molecule has 0 aromatic carbocycles. The lowest BCUT2D eigenvalue weighted by Crippen LogP contribution is -2.32. The predicted octanol–water partition coefficient (Wildman–Crippen LogP) is 2.47. The molecule has 126 valence electrons. The Morgan fingerprint density at radius 2 is 2.04 bits per heavy atom. The van der Waals surface area contributed by atoms with Gasteiger partial charge in [-0.15, -0.1) is 11.3 Å². The third kappa shape index (κ3) is 3.83. The fourth-order valence-corrected chi connectivity index (χ4v) is 4.51. The second kappa shape index (κ2) is 6.73. The van der Waals surface area contributed by atoms with Crippen molar-refractivity contribution in [1.82, 2.24) is 5.32 Å². The van der Waals surface area contributed by atoms with Gasteiger partial charge in [0.25, 0.3) is 5.91 Å². The molecule has 1 heterocycles. The van der Waals surface area contributed by atoms with Gasteiger partial charge in [0.15, 0.2) is 0 Å². The molecule has 2 aliphatic rings. The number of aryl methyl sites for hydroxylation is 1. The molecule has 0 aliphatic heterocycles. The summed E-state index contributed by atoms with van der Waals surface area (Å²) in [5.74, 6) is 0.921. The first-order chi connectivity index (χ1) is 11.0. The molecule has 0 spiro atoms. The van der Waals surface area contributed by atoms with Crippen LogP contribution in [-0.2, 0) is 24.1 Å². The Labute approximate surface area is 141 Å². The summed E-state index contributed by atoms with van der Waals surface area (Å²) >= 11 is 1.66. The van der Waals surface area contributed by atoms with Crippen molar-refractivity contribution in [2.45, 2.75) is 58.4 Å². The van der Waals surface area contributed by atoms with Gasteiger partial charge in [0.1, 0.15) is 5.78 Å². The summed E-state index contributed by atoms with van der Waals surface area (Å²) in [6.07, 6.45) is 5.11. The van der Waals surface area contributed by atoms with Gasteiger partial charge in [-0.25, -0.2) is 0 Å². The molecular weight excluding hydrogens is 308 g/mol. The smallest absolute Gasteiger partial charge is 0.252 e. The average molecular weight is 334 g/mol. The number of Topliss-reactive ketones (excluding diaryl/α,β-unsaturated/α-hetero) is 1. The second-order valence-corrected chi connectivity index (χ2v) is 8.52. The van der Waals surface area contributed by atoms with Crippen molar-refractivity contribution in [2.75, 3.05) is 6.54 Å². The minimum atomic E-state index is -0.0242. The molecule has 0 saturated heterocycles. The van der Waals surface area contributed by atoms with E-state index >= 15 is 0 Å². The van der Waals surface area contributed by atoms with Crippen molar-refractivity contribution in [3.8, 4) is 0 Å². The molecule has 2 aliphatic carbocycles. The third-order valence-corrected chi connectivity index (χ3v) is 5.93. The molecule has 3 N–H and O–H groups in total. The highest BCUT2D eigenvalue weighted by molar-refractivity contribution is 7.12. The molecule has 0 radical (unpaired) electrons. The SMILES string of the molecule is CC(C)CNC(=O)c1c(CC(=O)C2CC2)sc2c1CC(N)CC2. The molecule has 3 rings (SSSR count). The van der Waals surface area contributed by atoms with Crippen LogP contribution in [0.15, 0.2) is 0 Å². The summed E-state index contributed by atoms with van der Waals surface area (Å²) < 4.78 is 0. The van der Waals surface area contributed by atoms with E-state index in [9.17, 15) is 9.59 Å². The van der Waals surface area contributed by atoms with Crippen molar-refractivity contribution in [2.24, 2.45) is 17.6 Å². The van der Waals surface area contributed by atoms with Gasteiger partial charge >= 0.3 is 0 Å². The predicted molar refractivity (Wildman–Crippen MR) is 92.9 cm³/mol. The number of ketones is 1. The first-order valence-electron chi connectivity index (χ1n) is 8.65. The molecule has 1 saturated carbocycles. The highest BCUT2D eigenvalue weighted by Gasteiger charge is 2.33. The lowest BCUT2D eigenvalue weighted by Gasteiger charge is -2.19. The average Bonchev–Trinajstić information content (AvgIpc) is 3.28. The zero-order chi connectivity index (χ0) is 16.6. The molecule has 1 amide bonds. The van der Waals surface area contributed by atoms with E-state index in [1.165, 1.54) is 4.88 Å². The van der Waals surface area contributed by atoms with Crippen LogP contribution in [0, 0.1) is 11.8 Å². The summed E-state index contributed by atoms with van der Waals surface area (Å²) in [5.41, 5.74) is 7.98. The van der Waals surface area contributed by atoms with Crippen LogP contribution in [0.4, 0.5) is 0 Å². The van der Waals surface area contributed by atoms with Crippen LogP contribution in [0.1, 0.15) is 58.8 Å². The van der Waals surface area contributed by atoms with Crippen LogP contribution in [0.25, 0.3) is 0 Å². The van der Waals surface area contributed by atoms with Crippen molar-refractivity contribution in [3.63, 3.8) is 0 Å². The van der Waals surface area contributed by atoms with E-state index in [0.717, 1.165) is 48.1 Å². The molecular formula is C18H26N2O2S. The van der Waals surface area contributed by atoms with Crippen LogP contribution in [0.3, 0.4) is 0 Å². The van der Waals surface area contributed by atoms with Crippen LogP contribution in [0.2, 0.25) is 0 Å². The maximum atomic E-state index is 12.7. The van der Waals surface area contributed by atoms with E-state index in [2.05, 4.69) is 19.2 Å². The Morgan fingerprint density at radius 3 is 2.70 bits per heavy atom. The second-order valence-electron chi connectivity index (χ2n) is 7.33. The first kappa shape index (κ1) is 16.7. The van der Waals surface area contributed by atoms with Gasteiger partial charge in [-0.2, -0.15) is 0 Å². The first-order valence-corrected chi connectivity index (χ1v) is 9.47. The number of carbonyl (C=O) groups excluding carboxylic acids is 2. The third-order valence-electron chi connectivity index (χ3n) is 4.64. The summed E-state index contributed by atoms with van der Waals surface area (Å²) in [7, 11) is 0. The quantitative estimate of drug-likeness (QED) is 0.839. The van der Waals surface area contributed by atoms with Crippen molar-refractivity contribution < 1.29 is 9.59 Å². The van der Waals surface area contributed by atoms with E-state index in [0.29, 0.717) is 24.7 Å². The number of rotatable bonds is 6. The fourth-order valence-electron chi connectivity index (χ4n) is 3.15. The Kier molecular flexibility index (Phi) is 4.87. The van der Waals surface area contributed by atoms with Gasteiger partial charge in [0.2, 0.25) is 0 Å². The normalized spacial score (nSPS) is 20.4. The molecule has 4 nitrogen and oxygen atoms in total. The maximum absolute atomic E-state index is 12.7. The number of hydrogen-bond donors (Lipinski definition) is 2. The molecule has 1 aromatic rings. The molecule has 5 heteroatoms. The lowest BCUT2D eigenvalue weighted by molar-refractivity contribution is -0.119. The summed E-state index contributed by atoms with van der Waals surface area (Å²) in [5, 5.41) is 3.02. The topological polar surface area (TPSA) is 72.2 Å². The maximum Gasteiger partial charge on any atom is 0.252 e. The van der Waals surface area contributed by atoms with Crippen LogP contribution in [-0.4, -0.2) is 24.3 Å². The largest absolute Gasteiger partial charge is 0.352 e. The molecule has 23 heavy (non-hydrogen) atoms. The van der Waals surface area contributed by atoms with Crippen LogP contribution in [0.5, 0.6) is 0 Å². The van der Waals surface area contributed by atoms with E-state index < -0.39 is 0 Å². The van der Waals surface area contributed by atoms with Crippen molar-refractivity contribution in [3.05, 3.63) is 20.9 Å². The van der Waals surface area contributed by atoms with Gasteiger partial charge in [-0.1, -0.05) is 13.8 Å². The van der Waals surface area contributed by atoms with Crippen LogP contribution < -0.4 is 11.1 Å². The van der Waals surface area contributed by atoms with Gasteiger partial charge in [0.05, 0.1) is 5.56 Å². The Hall–Kier alpha value is -1.20. The Morgan fingerprint density at radius 1 is 1.30 bits per heavy atom. The number of amides is 1. The Balaban J connectivity index is 1.87. The number of nitrogens with one attached hydrogen (secondary N) is 1. The number of fused-ring (bicyclic) bond motifs is 1. The fraction of sp³-hybridized carbons (Fsp3) is 0.667. The van der Waals surface area contributed by atoms with E-state index in [4.69, 9.17) is 5.73 Å². The zero-order valence-electron chi connectivity index (χ0n) is 14.0. The van der Waals surface area contributed by atoms with E-state index in [1.807, 2.05) is 0 Å². The zero-order valence-corrected chi connectivity index (χ0v) is 14.8. The summed E-state index contributed by atoms with van der Waals surface area (Å²) in [6.45, 7) is 4.82. The van der Waals surface area contributed by atoms with Gasteiger partial charge in [0, 0.05) is 34.7 Å². The highest BCUT2D eigenvalue weighted by Crippen LogP contribution is 2.37. The summed E-state index contributed by atoms with van der Waals surface area (Å²) in [6, 6.07) is 0.126. The molecule has 1 fully saturated rings. The van der Waals surface area contributed by atoms with Gasteiger partial charge in [-0.05, 0) is 43.6 Å². The summed E-state index contributed by atoms with van der Waals surface area (Å²) in [4.78, 5) is 27.2. The number of nitrogens with two attached hydrogens (primary N) is 1. The lowest BCUT2D eigenvalue weighted by atomic mass is 9.90. The molecule has 0 bridgehead atoms. The monoisotopic (exact) mass is 334 g/mol. The van der Waals surface area contributed by atoms with Crippen molar-refractivity contribution in [1.29, 1.82) is 0 Å². The highest BCUT2D eigenvalue weighted by atomic mass is 32.1. The number of hydrogen-bond acceptors (Lipinski definition) is 4. The molecule has 1 aromatic heterocycles. The van der Waals surface area contributed by atoms with E-state index in [-0.39, 0.29) is 17.9 Å². The molecule has 1 unspecified atom stereocenters. The van der Waals surface area contributed by atoms with E-state index in [1.54, 1.807) is 11.3 Å². The van der Waals surface area contributed by atoms with Crippen molar-refractivity contribution >= 4 is 23.0 Å². The molecule has 1 atom stereocenters. The van der Waals surface area contributed by atoms with Gasteiger partial charge in [-0.3, -0.25) is 9.59 Å². The number of thiophene rings is 1.